The molecule has 0 N–H and O–H groups in total. The molecular weight excluding hydrogens is 431 g/mol. The lowest BCUT2D eigenvalue weighted by Crippen LogP contribution is -2.12. The second-order valence-electron chi connectivity index (χ2n) is 4.79. The zero-order valence-electron chi connectivity index (χ0n) is 12.3. The second-order valence-corrected chi connectivity index (χ2v) is 6.90. The normalized spacial score (nSPS) is 13.6. The molecule has 0 aliphatic carbocycles. The molecule has 0 spiro atoms. The molecule has 4 nitrogen and oxygen atoms in total. The highest BCUT2D eigenvalue weighted by molar-refractivity contribution is 7.90. The summed E-state index contributed by atoms with van der Waals surface area (Å²) in [4.78, 5) is 0. The Labute approximate surface area is 155 Å². The van der Waals surface area contributed by atoms with Crippen molar-refractivity contribution in [2.75, 3.05) is 6.26 Å². The quantitative estimate of drug-likeness (QED) is 0.501. The summed E-state index contributed by atoms with van der Waals surface area (Å²) in [6, 6.07) is 2.13. The SMILES string of the molecule is C[S+]([O-])c1c(C#N)c(C(F)(F)F)nn1-c1c(Cl)cc(C(F)(F)F)cc1Cl. The van der Waals surface area contributed by atoms with E-state index in [1.54, 1.807) is 0 Å². The smallest absolute Gasteiger partial charge is 0.436 e. The summed E-state index contributed by atoms with van der Waals surface area (Å²) in [6.45, 7) is 0. The lowest BCUT2D eigenvalue weighted by atomic mass is 10.2. The molecule has 1 heterocycles. The molecule has 2 aromatic rings. The van der Waals surface area contributed by atoms with Gasteiger partial charge in [-0.25, -0.2) is 0 Å². The maximum atomic E-state index is 13.1. The molecule has 0 radical (unpaired) electrons. The van der Waals surface area contributed by atoms with E-state index in [-0.39, 0.29) is 0 Å². The summed E-state index contributed by atoms with van der Waals surface area (Å²) in [6.07, 6.45) is -8.91. The molecule has 1 atom stereocenters. The predicted molar refractivity (Wildman–Crippen MR) is 80.6 cm³/mol. The van der Waals surface area contributed by atoms with Gasteiger partial charge in [0.1, 0.15) is 18.0 Å². The highest BCUT2D eigenvalue weighted by atomic mass is 35.5. The number of rotatable bonds is 2. The molecule has 1 unspecified atom stereocenters. The molecule has 26 heavy (non-hydrogen) atoms. The average molecular weight is 436 g/mol. The lowest BCUT2D eigenvalue weighted by molar-refractivity contribution is -0.141. The third-order valence-corrected chi connectivity index (χ3v) is 4.55. The fraction of sp³-hybridized carbons (Fsp3) is 0.231. The summed E-state index contributed by atoms with van der Waals surface area (Å²) >= 11 is 9.36. The number of aromatic nitrogens is 2. The van der Waals surface area contributed by atoms with E-state index in [0.717, 1.165) is 6.26 Å². The molecule has 140 valence electrons. The van der Waals surface area contributed by atoms with Gasteiger partial charge in [0.2, 0.25) is 0 Å². The zero-order valence-corrected chi connectivity index (χ0v) is 14.7. The average Bonchev–Trinajstić information content (AvgIpc) is 2.84. The summed E-state index contributed by atoms with van der Waals surface area (Å²) in [7, 11) is 0. The maximum Gasteiger partial charge on any atom is 0.436 e. The van der Waals surface area contributed by atoms with Crippen molar-refractivity contribution in [2.45, 2.75) is 17.4 Å². The summed E-state index contributed by atoms with van der Waals surface area (Å²) < 4.78 is 89.9. The van der Waals surface area contributed by atoms with Crippen LogP contribution in [0.1, 0.15) is 16.8 Å². The van der Waals surface area contributed by atoms with Gasteiger partial charge in [-0.2, -0.15) is 41.4 Å². The number of benzene rings is 1. The molecular formula is C13H5Cl2F6N3OS. The van der Waals surface area contributed by atoms with Gasteiger partial charge in [0, 0.05) is 11.2 Å². The first-order valence-corrected chi connectivity index (χ1v) is 8.60. The Kier molecular flexibility index (Phi) is 5.45. The number of nitrogens with zero attached hydrogens (tertiary/aromatic N) is 3. The van der Waals surface area contributed by atoms with Crippen LogP contribution in [0.15, 0.2) is 17.2 Å². The molecule has 0 fully saturated rings. The van der Waals surface area contributed by atoms with Crippen LogP contribution in [-0.2, 0) is 23.5 Å². The predicted octanol–water partition coefficient (Wildman–Crippen LogP) is 4.83. The Bertz CT molecular complexity index is 878. The molecule has 2 rings (SSSR count). The first-order valence-electron chi connectivity index (χ1n) is 6.29. The van der Waals surface area contributed by atoms with E-state index < -0.39 is 61.1 Å². The highest BCUT2D eigenvalue weighted by Crippen LogP contribution is 2.40. The standard InChI is InChI=1S/C13H5Cl2F6N3OS/c1-26(25)11-6(4-22)10(13(19,20)21)23-24(11)9-7(14)2-5(3-8(9)15)12(16,17)18/h2-3H,1H3. The number of hydrogen-bond donors (Lipinski definition) is 0. The first-order chi connectivity index (χ1) is 11.8. The summed E-state index contributed by atoms with van der Waals surface area (Å²) in [5.41, 5.74) is -4.49. The van der Waals surface area contributed by atoms with E-state index in [1.165, 1.54) is 6.07 Å². The second kappa shape index (κ2) is 6.84. The molecule has 0 saturated carbocycles. The maximum absolute atomic E-state index is 13.1. The van der Waals surface area contributed by atoms with Crippen LogP contribution < -0.4 is 0 Å². The summed E-state index contributed by atoms with van der Waals surface area (Å²) in [5.74, 6) is 0. The van der Waals surface area contributed by atoms with Gasteiger partial charge in [0.15, 0.2) is 11.3 Å². The van der Waals surface area contributed by atoms with E-state index in [0.29, 0.717) is 16.8 Å². The van der Waals surface area contributed by atoms with Crippen LogP contribution >= 0.6 is 23.2 Å². The van der Waals surface area contributed by atoms with Gasteiger partial charge in [-0.05, 0) is 12.1 Å². The van der Waals surface area contributed by atoms with Gasteiger partial charge >= 0.3 is 12.4 Å². The third-order valence-electron chi connectivity index (χ3n) is 3.05. The van der Waals surface area contributed by atoms with Crippen molar-refractivity contribution >= 4 is 34.4 Å². The minimum absolute atomic E-state index is 0.377. The van der Waals surface area contributed by atoms with Gasteiger partial charge < -0.3 is 4.55 Å². The van der Waals surface area contributed by atoms with E-state index in [4.69, 9.17) is 28.5 Å². The van der Waals surface area contributed by atoms with Crippen LogP contribution in [0.2, 0.25) is 10.0 Å². The minimum Gasteiger partial charge on any atom is -0.610 e. The van der Waals surface area contributed by atoms with E-state index >= 15 is 0 Å². The zero-order chi connectivity index (χ0) is 20.0. The topological polar surface area (TPSA) is 64.7 Å². The van der Waals surface area contributed by atoms with Gasteiger partial charge in [-0.3, -0.25) is 0 Å². The van der Waals surface area contributed by atoms with E-state index in [9.17, 15) is 30.9 Å². The largest absolute Gasteiger partial charge is 0.610 e. The Hall–Kier alpha value is -1.61. The van der Waals surface area contributed by atoms with Crippen LogP contribution in [0.25, 0.3) is 5.69 Å². The highest BCUT2D eigenvalue weighted by Gasteiger charge is 2.43. The Morgan fingerprint density at radius 1 is 1.12 bits per heavy atom. The Morgan fingerprint density at radius 3 is 1.96 bits per heavy atom. The number of alkyl halides is 6. The van der Waals surface area contributed by atoms with Gasteiger partial charge in [-0.1, -0.05) is 23.2 Å². The molecule has 0 saturated heterocycles. The van der Waals surface area contributed by atoms with E-state index in [1.807, 2.05) is 0 Å². The molecule has 1 aromatic carbocycles. The van der Waals surface area contributed by atoms with Crippen molar-refractivity contribution in [2.24, 2.45) is 0 Å². The van der Waals surface area contributed by atoms with Crippen LogP contribution in [0.3, 0.4) is 0 Å². The van der Waals surface area contributed by atoms with Crippen molar-refractivity contribution < 1.29 is 30.9 Å². The molecule has 0 bridgehead atoms. The van der Waals surface area contributed by atoms with Crippen LogP contribution in [0, 0.1) is 11.3 Å². The molecule has 0 aliphatic heterocycles. The van der Waals surface area contributed by atoms with Crippen molar-refractivity contribution in [3.05, 3.63) is 39.0 Å². The van der Waals surface area contributed by atoms with Gasteiger partial charge in [-0.15, -0.1) is 0 Å². The number of nitriles is 1. The molecule has 13 heteroatoms. The van der Waals surface area contributed by atoms with Crippen LogP contribution in [0.4, 0.5) is 26.3 Å². The molecule has 1 aromatic heterocycles. The fourth-order valence-electron chi connectivity index (χ4n) is 2.05. The lowest BCUT2D eigenvalue weighted by Gasteiger charge is -2.14. The monoisotopic (exact) mass is 435 g/mol. The Balaban J connectivity index is 2.86. The van der Waals surface area contributed by atoms with Crippen LogP contribution in [-0.4, -0.2) is 20.6 Å². The summed E-state index contributed by atoms with van der Waals surface area (Å²) in [5, 5.41) is 10.1. The fourth-order valence-corrected chi connectivity index (χ4v) is 3.50. The Morgan fingerprint density at radius 2 is 1.62 bits per heavy atom. The molecule has 0 aliphatic rings. The van der Waals surface area contributed by atoms with Crippen LogP contribution in [0.5, 0.6) is 0 Å². The van der Waals surface area contributed by atoms with Gasteiger partial charge in [0.25, 0.3) is 5.03 Å². The minimum atomic E-state index is -5.07. The number of halogens is 8. The van der Waals surface area contributed by atoms with Crippen molar-refractivity contribution in [1.29, 1.82) is 5.26 Å². The first kappa shape index (κ1) is 20.7. The van der Waals surface area contributed by atoms with Crippen molar-refractivity contribution in [1.82, 2.24) is 9.78 Å². The van der Waals surface area contributed by atoms with Gasteiger partial charge in [0.05, 0.1) is 15.6 Å². The van der Waals surface area contributed by atoms with Crippen molar-refractivity contribution in [3.63, 3.8) is 0 Å². The molecule has 0 amide bonds. The third kappa shape index (κ3) is 3.73. The van der Waals surface area contributed by atoms with Crippen molar-refractivity contribution in [3.8, 4) is 11.8 Å². The van der Waals surface area contributed by atoms with E-state index in [2.05, 4.69) is 5.10 Å². The number of hydrogen-bond acceptors (Lipinski definition) is 3.